The van der Waals surface area contributed by atoms with Gasteiger partial charge in [0.2, 0.25) is 11.8 Å². The highest BCUT2D eigenvalue weighted by Gasteiger charge is 2.33. The van der Waals surface area contributed by atoms with E-state index in [1.165, 1.54) is 18.2 Å². The number of halogens is 3. The highest BCUT2D eigenvalue weighted by molar-refractivity contribution is 5.93. The van der Waals surface area contributed by atoms with Gasteiger partial charge in [-0.05, 0) is 42.9 Å². The van der Waals surface area contributed by atoms with Crippen LogP contribution in [-0.2, 0) is 15.8 Å². The first kappa shape index (κ1) is 25.4. The number of nitrogens with zero attached hydrogens (tertiary/aromatic N) is 3. The van der Waals surface area contributed by atoms with Gasteiger partial charge in [-0.3, -0.25) is 14.5 Å². The lowest BCUT2D eigenvalue weighted by Crippen LogP contribution is -2.51. The van der Waals surface area contributed by atoms with Crippen molar-refractivity contribution in [3.05, 3.63) is 54.1 Å². The Balaban J connectivity index is 1.50. The molecule has 3 rings (SSSR count). The second kappa shape index (κ2) is 11.2. The van der Waals surface area contributed by atoms with Crippen molar-refractivity contribution in [1.82, 2.24) is 9.80 Å². The fraction of sp³-hybridized carbons (Fsp3) is 0.417. The molecule has 1 saturated heterocycles. The average molecular weight is 479 g/mol. The van der Waals surface area contributed by atoms with Crippen LogP contribution in [0.3, 0.4) is 0 Å². The van der Waals surface area contributed by atoms with Crippen molar-refractivity contribution in [2.24, 2.45) is 0 Å². The van der Waals surface area contributed by atoms with Crippen LogP contribution >= 0.6 is 0 Å². The summed E-state index contributed by atoms with van der Waals surface area (Å²) in [7, 11) is 1.62. The van der Waals surface area contributed by atoms with Gasteiger partial charge in [0.05, 0.1) is 31.5 Å². The van der Waals surface area contributed by atoms with E-state index in [0.717, 1.165) is 17.5 Å². The summed E-state index contributed by atoms with van der Waals surface area (Å²) in [5.74, 6) is 0.0681. The molecule has 7 nitrogen and oxygen atoms in total. The Morgan fingerprint density at radius 3 is 2.24 bits per heavy atom. The molecule has 0 aromatic heterocycles. The van der Waals surface area contributed by atoms with Crippen LogP contribution in [0.4, 0.5) is 24.5 Å². The fourth-order valence-corrected chi connectivity index (χ4v) is 3.81. The average Bonchev–Trinajstić information content (AvgIpc) is 2.83. The van der Waals surface area contributed by atoms with Crippen LogP contribution < -0.4 is 15.0 Å². The molecule has 0 atom stereocenters. The number of para-hydroxylation sites is 1. The number of methoxy groups -OCH3 is 1. The molecular weight excluding hydrogens is 449 g/mol. The van der Waals surface area contributed by atoms with Crippen LogP contribution in [0.5, 0.6) is 5.75 Å². The molecule has 0 bridgehead atoms. The maximum Gasteiger partial charge on any atom is 0.418 e. The van der Waals surface area contributed by atoms with Crippen LogP contribution in [0.2, 0.25) is 0 Å². The van der Waals surface area contributed by atoms with Crippen LogP contribution in [-0.4, -0.2) is 74.5 Å². The fourth-order valence-electron chi connectivity index (χ4n) is 3.81. The molecule has 10 heteroatoms. The van der Waals surface area contributed by atoms with Crippen molar-refractivity contribution in [1.29, 1.82) is 0 Å². The lowest BCUT2D eigenvalue weighted by molar-refractivity contribution is -0.137. The molecule has 1 aliphatic rings. The molecule has 184 valence electrons. The van der Waals surface area contributed by atoms with Gasteiger partial charge in [-0.15, -0.1) is 0 Å². The van der Waals surface area contributed by atoms with E-state index in [1.807, 2.05) is 24.3 Å². The van der Waals surface area contributed by atoms with Gasteiger partial charge in [0.25, 0.3) is 0 Å². The molecule has 0 aliphatic carbocycles. The zero-order valence-corrected chi connectivity index (χ0v) is 19.3. The molecule has 2 aromatic carbocycles. The van der Waals surface area contributed by atoms with Crippen LogP contribution in [0.25, 0.3) is 0 Å². The minimum Gasteiger partial charge on any atom is -0.497 e. The molecule has 2 aromatic rings. The maximum atomic E-state index is 13.2. The summed E-state index contributed by atoms with van der Waals surface area (Å²) >= 11 is 0. The summed E-state index contributed by atoms with van der Waals surface area (Å²) in [4.78, 5) is 30.7. The highest BCUT2D eigenvalue weighted by atomic mass is 19.4. The van der Waals surface area contributed by atoms with Gasteiger partial charge < -0.3 is 19.9 Å². The highest BCUT2D eigenvalue weighted by Crippen LogP contribution is 2.34. The molecule has 1 N–H and O–H groups in total. The number of ether oxygens (including phenoxy) is 1. The number of likely N-dealkylation sites (N-methyl/N-ethyl adjacent to an activating group) is 1. The molecule has 1 aliphatic heterocycles. The number of hydrogen-bond donors (Lipinski definition) is 1. The van der Waals surface area contributed by atoms with Crippen LogP contribution in [0.15, 0.2) is 48.5 Å². The minimum atomic E-state index is -4.57. The van der Waals surface area contributed by atoms with Gasteiger partial charge in [0.1, 0.15) is 5.75 Å². The van der Waals surface area contributed by atoms with Gasteiger partial charge in [0, 0.05) is 31.9 Å². The Bertz CT molecular complexity index is 974. The Morgan fingerprint density at radius 2 is 1.65 bits per heavy atom. The number of carbonyl (C=O) groups is 2. The summed E-state index contributed by atoms with van der Waals surface area (Å²) in [5.41, 5.74) is -0.145. The van der Waals surface area contributed by atoms with Gasteiger partial charge in [0.15, 0.2) is 0 Å². The third-order valence-electron chi connectivity index (χ3n) is 5.75. The zero-order valence-electron chi connectivity index (χ0n) is 19.3. The molecule has 0 saturated carbocycles. The van der Waals surface area contributed by atoms with Crippen molar-refractivity contribution in [2.75, 3.05) is 63.1 Å². The van der Waals surface area contributed by atoms with E-state index in [2.05, 4.69) is 10.2 Å². The third kappa shape index (κ3) is 6.63. The predicted octanol–water partition coefficient (Wildman–Crippen LogP) is 3.32. The van der Waals surface area contributed by atoms with Gasteiger partial charge >= 0.3 is 6.18 Å². The smallest absolute Gasteiger partial charge is 0.418 e. The minimum absolute atomic E-state index is 0.0212. The number of alkyl halides is 3. The monoisotopic (exact) mass is 478 g/mol. The van der Waals surface area contributed by atoms with Crippen molar-refractivity contribution in [2.45, 2.75) is 13.1 Å². The first-order chi connectivity index (χ1) is 16.2. The van der Waals surface area contributed by atoms with Gasteiger partial charge in [-0.25, -0.2) is 0 Å². The van der Waals surface area contributed by atoms with Crippen molar-refractivity contribution in [3.63, 3.8) is 0 Å². The lowest BCUT2D eigenvalue weighted by atomic mass is 10.1. The number of nitrogens with one attached hydrogen (secondary N) is 1. The second-order valence-electron chi connectivity index (χ2n) is 7.96. The lowest BCUT2D eigenvalue weighted by Gasteiger charge is -2.37. The summed E-state index contributed by atoms with van der Waals surface area (Å²) in [5, 5.41) is 2.33. The Morgan fingerprint density at radius 1 is 1.00 bits per heavy atom. The molecular formula is C24H29F3N4O3. The van der Waals surface area contributed by atoms with Crippen molar-refractivity contribution in [3.8, 4) is 5.75 Å². The quantitative estimate of drug-likeness (QED) is 0.631. The van der Waals surface area contributed by atoms with E-state index < -0.39 is 17.6 Å². The van der Waals surface area contributed by atoms with Gasteiger partial charge in [-0.1, -0.05) is 19.1 Å². The Kier molecular flexibility index (Phi) is 8.38. The van der Waals surface area contributed by atoms with E-state index in [4.69, 9.17) is 4.74 Å². The number of benzene rings is 2. The maximum absolute atomic E-state index is 13.2. The van der Waals surface area contributed by atoms with E-state index >= 15 is 0 Å². The molecule has 2 amide bonds. The third-order valence-corrected chi connectivity index (χ3v) is 5.75. The summed E-state index contributed by atoms with van der Waals surface area (Å²) in [6, 6.07) is 12.6. The number of rotatable bonds is 8. The normalized spacial score (nSPS) is 14.3. The Labute approximate surface area is 197 Å². The predicted molar refractivity (Wildman–Crippen MR) is 124 cm³/mol. The van der Waals surface area contributed by atoms with Crippen molar-refractivity contribution >= 4 is 23.2 Å². The molecule has 1 fully saturated rings. The zero-order chi connectivity index (χ0) is 24.7. The number of piperazine rings is 1. The van der Waals surface area contributed by atoms with Crippen molar-refractivity contribution < 1.29 is 27.5 Å². The molecule has 0 unspecified atom stereocenters. The molecule has 0 spiro atoms. The summed E-state index contributed by atoms with van der Waals surface area (Å²) < 4.78 is 44.6. The number of hydrogen-bond acceptors (Lipinski definition) is 5. The largest absolute Gasteiger partial charge is 0.497 e. The first-order valence-corrected chi connectivity index (χ1v) is 11.1. The van der Waals surface area contributed by atoms with E-state index in [9.17, 15) is 22.8 Å². The topological polar surface area (TPSA) is 65.1 Å². The molecule has 34 heavy (non-hydrogen) atoms. The van der Waals surface area contributed by atoms with Crippen LogP contribution in [0, 0.1) is 0 Å². The standard InChI is InChI=1S/C24H29F3N4O3/c1-3-29(16-22(32)28-21-7-5-4-6-20(21)24(25,26)27)17-23(33)31-14-12-30(13-15-31)18-8-10-19(34-2)11-9-18/h4-11H,3,12-17H2,1-2H3,(H,28,32). The number of carbonyl (C=O) groups excluding carboxylic acids is 2. The molecule has 0 radical (unpaired) electrons. The number of amides is 2. The molecule has 1 heterocycles. The van der Waals surface area contributed by atoms with Gasteiger partial charge in [-0.2, -0.15) is 13.2 Å². The van der Waals surface area contributed by atoms with Crippen LogP contribution in [0.1, 0.15) is 12.5 Å². The van der Waals surface area contributed by atoms with E-state index in [-0.39, 0.29) is 24.7 Å². The Hall–Kier alpha value is -3.27. The number of anilines is 2. The first-order valence-electron chi connectivity index (χ1n) is 11.1. The van der Waals surface area contributed by atoms with E-state index in [0.29, 0.717) is 32.7 Å². The second-order valence-corrected chi connectivity index (χ2v) is 7.96. The SMILES string of the molecule is CCN(CC(=O)Nc1ccccc1C(F)(F)F)CC(=O)N1CCN(c2ccc(OC)cc2)CC1. The summed E-state index contributed by atoms with van der Waals surface area (Å²) in [6.07, 6.45) is -4.57. The van der Waals surface area contributed by atoms with E-state index in [1.54, 1.807) is 23.8 Å². The summed E-state index contributed by atoms with van der Waals surface area (Å²) in [6.45, 7) is 4.50.